The molecule has 2 heterocycles. The van der Waals surface area contributed by atoms with Crippen LogP contribution in [0.2, 0.25) is 0 Å². The number of amidine groups is 1. The molecule has 0 atom stereocenters. The van der Waals surface area contributed by atoms with Crippen molar-refractivity contribution in [2.75, 3.05) is 0 Å². The molecule has 1 aliphatic carbocycles. The fraction of sp³-hybridized carbons (Fsp3) is 0.250. The van der Waals surface area contributed by atoms with Crippen molar-refractivity contribution in [1.29, 1.82) is 5.41 Å². The van der Waals surface area contributed by atoms with E-state index in [1.807, 2.05) is 12.3 Å². The molecule has 0 amide bonds. The summed E-state index contributed by atoms with van der Waals surface area (Å²) >= 11 is 2.20. The van der Waals surface area contributed by atoms with Crippen LogP contribution in [0.1, 0.15) is 23.2 Å². The molecule has 5 nitrogen and oxygen atoms in total. The van der Waals surface area contributed by atoms with Crippen molar-refractivity contribution in [3.05, 3.63) is 38.9 Å². The smallest absolute Gasteiger partial charge is 0.164 e. The Morgan fingerprint density at radius 3 is 2.94 bits per heavy atom. The van der Waals surface area contributed by atoms with Crippen LogP contribution in [0.3, 0.4) is 0 Å². The molecule has 92 valence electrons. The molecule has 3 rings (SSSR count). The molecule has 2 aromatic rings. The maximum Gasteiger partial charge on any atom is 0.164 e. The lowest BCUT2D eigenvalue weighted by atomic mass is 10.1. The number of pyridine rings is 1. The standard InChI is InChI=1S/C12H12IN5/c13-8-5-16-18(6-8)12-9(11(14)15)4-7-2-1-3-10(7)17-12/h4-6H,1-3H2,(H3,14,15). The van der Waals surface area contributed by atoms with Crippen LogP contribution in [0.4, 0.5) is 0 Å². The molecule has 0 aliphatic heterocycles. The summed E-state index contributed by atoms with van der Waals surface area (Å²) in [5.41, 5.74) is 8.64. The summed E-state index contributed by atoms with van der Waals surface area (Å²) in [6.07, 6.45) is 6.80. The minimum Gasteiger partial charge on any atom is -0.384 e. The minimum atomic E-state index is 0.0395. The zero-order valence-corrected chi connectivity index (χ0v) is 11.8. The van der Waals surface area contributed by atoms with Gasteiger partial charge in [-0.15, -0.1) is 0 Å². The third kappa shape index (κ3) is 1.90. The van der Waals surface area contributed by atoms with Gasteiger partial charge in [0.1, 0.15) is 5.84 Å². The highest BCUT2D eigenvalue weighted by molar-refractivity contribution is 14.1. The number of hydrogen-bond acceptors (Lipinski definition) is 3. The van der Waals surface area contributed by atoms with Gasteiger partial charge in [0.25, 0.3) is 0 Å². The van der Waals surface area contributed by atoms with Crippen LogP contribution in [0.5, 0.6) is 0 Å². The van der Waals surface area contributed by atoms with E-state index in [0.29, 0.717) is 11.4 Å². The van der Waals surface area contributed by atoms with Crippen molar-refractivity contribution in [3.8, 4) is 5.82 Å². The number of nitrogens with two attached hydrogens (primary N) is 1. The molecule has 0 spiro atoms. The Kier molecular flexibility index (Phi) is 2.81. The van der Waals surface area contributed by atoms with Crippen molar-refractivity contribution in [2.24, 2.45) is 5.73 Å². The quantitative estimate of drug-likeness (QED) is 0.489. The van der Waals surface area contributed by atoms with Gasteiger partial charge in [-0.05, 0) is 53.5 Å². The molecule has 0 bridgehead atoms. The molecule has 0 saturated heterocycles. The Labute approximate surface area is 118 Å². The van der Waals surface area contributed by atoms with E-state index in [1.165, 1.54) is 5.56 Å². The maximum absolute atomic E-state index is 7.69. The van der Waals surface area contributed by atoms with E-state index in [9.17, 15) is 0 Å². The summed E-state index contributed by atoms with van der Waals surface area (Å²) in [5.74, 6) is 0.698. The van der Waals surface area contributed by atoms with Gasteiger partial charge in [-0.25, -0.2) is 9.67 Å². The van der Waals surface area contributed by atoms with Gasteiger partial charge in [-0.1, -0.05) is 0 Å². The molecule has 0 unspecified atom stereocenters. The van der Waals surface area contributed by atoms with Gasteiger partial charge in [0.2, 0.25) is 0 Å². The van der Waals surface area contributed by atoms with Gasteiger partial charge in [0, 0.05) is 11.9 Å². The van der Waals surface area contributed by atoms with Gasteiger partial charge < -0.3 is 5.73 Å². The number of fused-ring (bicyclic) bond motifs is 1. The Morgan fingerprint density at radius 1 is 1.44 bits per heavy atom. The number of nitrogen functional groups attached to an aromatic ring is 1. The van der Waals surface area contributed by atoms with E-state index in [2.05, 4.69) is 32.7 Å². The predicted octanol–water partition coefficient (Wildman–Crippen LogP) is 1.64. The van der Waals surface area contributed by atoms with Crippen molar-refractivity contribution in [3.63, 3.8) is 0 Å². The summed E-state index contributed by atoms with van der Waals surface area (Å²) in [6, 6.07) is 1.99. The van der Waals surface area contributed by atoms with Gasteiger partial charge in [0.05, 0.1) is 15.3 Å². The average molecular weight is 353 g/mol. The summed E-state index contributed by atoms with van der Waals surface area (Å²) in [6.45, 7) is 0. The zero-order valence-electron chi connectivity index (χ0n) is 9.65. The first kappa shape index (κ1) is 11.6. The summed E-state index contributed by atoms with van der Waals surface area (Å²) < 4.78 is 2.72. The molecule has 0 saturated carbocycles. The number of rotatable bonds is 2. The second kappa shape index (κ2) is 4.34. The van der Waals surface area contributed by atoms with Crippen molar-refractivity contribution < 1.29 is 0 Å². The second-order valence-electron chi connectivity index (χ2n) is 4.34. The molecule has 2 aromatic heterocycles. The molecule has 0 radical (unpaired) electrons. The van der Waals surface area contributed by atoms with Crippen molar-refractivity contribution in [2.45, 2.75) is 19.3 Å². The number of aryl methyl sites for hydroxylation is 2. The van der Waals surface area contributed by atoms with Crippen LogP contribution < -0.4 is 5.73 Å². The van der Waals surface area contributed by atoms with E-state index in [-0.39, 0.29) is 5.84 Å². The highest BCUT2D eigenvalue weighted by Gasteiger charge is 2.19. The van der Waals surface area contributed by atoms with Crippen molar-refractivity contribution >= 4 is 28.4 Å². The van der Waals surface area contributed by atoms with Crippen LogP contribution in [-0.4, -0.2) is 20.6 Å². The number of nitrogens with zero attached hydrogens (tertiary/aromatic N) is 3. The van der Waals surface area contributed by atoms with Crippen LogP contribution in [0, 0.1) is 8.98 Å². The van der Waals surface area contributed by atoms with Gasteiger partial charge in [-0.3, -0.25) is 5.41 Å². The van der Waals surface area contributed by atoms with Gasteiger partial charge in [0.15, 0.2) is 5.82 Å². The first-order valence-corrected chi connectivity index (χ1v) is 6.81. The third-order valence-electron chi connectivity index (χ3n) is 3.09. The highest BCUT2D eigenvalue weighted by atomic mass is 127. The molecule has 3 N–H and O–H groups in total. The Bertz CT molecular complexity index is 631. The molecule has 0 fully saturated rings. The van der Waals surface area contributed by atoms with Crippen LogP contribution in [0.25, 0.3) is 5.82 Å². The Morgan fingerprint density at radius 2 is 2.28 bits per heavy atom. The van der Waals surface area contributed by atoms with Gasteiger partial charge in [-0.2, -0.15) is 5.10 Å². The van der Waals surface area contributed by atoms with E-state index < -0.39 is 0 Å². The Balaban J connectivity index is 2.21. The normalized spacial score (nSPS) is 13.6. The van der Waals surface area contributed by atoms with E-state index in [0.717, 1.165) is 28.5 Å². The van der Waals surface area contributed by atoms with Crippen LogP contribution in [0.15, 0.2) is 18.5 Å². The summed E-state index contributed by atoms with van der Waals surface area (Å²) in [7, 11) is 0. The minimum absolute atomic E-state index is 0.0395. The zero-order chi connectivity index (χ0) is 12.7. The SMILES string of the molecule is N=C(N)c1cc2c(nc1-n1cc(I)cn1)CCC2. The van der Waals surface area contributed by atoms with E-state index >= 15 is 0 Å². The van der Waals surface area contributed by atoms with Gasteiger partial charge >= 0.3 is 0 Å². The summed E-state index contributed by atoms with van der Waals surface area (Å²) in [4.78, 5) is 4.63. The average Bonchev–Trinajstić information content (AvgIpc) is 2.94. The number of nitrogens with one attached hydrogen (secondary N) is 1. The molecule has 6 heteroatoms. The van der Waals surface area contributed by atoms with E-state index in [4.69, 9.17) is 11.1 Å². The maximum atomic E-state index is 7.69. The lowest BCUT2D eigenvalue weighted by Crippen LogP contribution is -2.17. The third-order valence-corrected chi connectivity index (χ3v) is 3.65. The fourth-order valence-electron chi connectivity index (χ4n) is 2.25. The second-order valence-corrected chi connectivity index (χ2v) is 5.58. The topological polar surface area (TPSA) is 80.6 Å². The largest absolute Gasteiger partial charge is 0.384 e. The highest BCUT2D eigenvalue weighted by Crippen LogP contribution is 2.24. The number of aromatic nitrogens is 3. The lowest BCUT2D eigenvalue weighted by Gasteiger charge is -2.10. The predicted molar refractivity (Wildman–Crippen MR) is 77.1 cm³/mol. The monoisotopic (exact) mass is 353 g/mol. The molecule has 1 aliphatic rings. The lowest BCUT2D eigenvalue weighted by molar-refractivity contribution is 0.828. The molecule has 0 aromatic carbocycles. The van der Waals surface area contributed by atoms with Crippen LogP contribution >= 0.6 is 22.6 Å². The number of halogens is 1. The first-order valence-electron chi connectivity index (χ1n) is 5.73. The number of hydrogen-bond donors (Lipinski definition) is 2. The van der Waals surface area contributed by atoms with E-state index in [1.54, 1.807) is 10.9 Å². The molecular formula is C12H12IN5. The Hall–Kier alpha value is -1.44. The van der Waals surface area contributed by atoms with Crippen LogP contribution in [-0.2, 0) is 12.8 Å². The first-order chi connectivity index (χ1) is 8.65. The summed E-state index contributed by atoms with van der Waals surface area (Å²) in [5, 5.41) is 11.9. The molecular weight excluding hydrogens is 341 g/mol. The molecule has 18 heavy (non-hydrogen) atoms. The van der Waals surface area contributed by atoms with Crippen molar-refractivity contribution in [1.82, 2.24) is 14.8 Å². The fourth-order valence-corrected chi connectivity index (χ4v) is 2.64.